The van der Waals surface area contributed by atoms with Crippen molar-refractivity contribution in [1.29, 1.82) is 5.26 Å². The van der Waals surface area contributed by atoms with Gasteiger partial charge in [-0.3, -0.25) is 4.79 Å². The van der Waals surface area contributed by atoms with Crippen molar-refractivity contribution in [2.75, 3.05) is 5.32 Å². The van der Waals surface area contributed by atoms with Gasteiger partial charge in [0, 0.05) is 15.2 Å². The Bertz CT molecular complexity index is 1080. The minimum absolute atomic E-state index is 0.0651. The number of nitrogens with one attached hydrogen (secondary N) is 1. The first-order valence-electron chi connectivity index (χ1n) is 7.71. The summed E-state index contributed by atoms with van der Waals surface area (Å²) in [5, 5.41) is 12.9. The molecular formula is C20H11Cl2IN2O2. The van der Waals surface area contributed by atoms with Crippen LogP contribution in [0.15, 0.2) is 64.6 Å². The van der Waals surface area contributed by atoms with Crippen LogP contribution >= 0.6 is 45.8 Å². The number of hydrogen-bond acceptors (Lipinski definition) is 3. The monoisotopic (exact) mass is 508 g/mol. The van der Waals surface area contributed by atoms with E-state index in [9.17, 15) is 10.1 Å². The summed E-state index contributed by atoms with van der Waals surface area (Å²) in [4.78, 5) is 12.4. The number of rotatable bonds is 4. The van der Waals surface area contributed by atoms with Crippen LogP contribution in [0.5, 0.6) is 0 Å². The van der Waals surface area contributed by atoms with Crippen LogP contribution in [0.25, 0.3) is 17.4 Å². The molecular weight excluding hydrogens is 498 g/mol. The van der Waals surface area contributed by atoms with E-state index in [0.29, 0.717) is 27.3 Å². The van der Waals surface area contributed by atoms with Gasteiger partial charge in [-0.2, -0.15) is 5.26 Å². The van der Waals surface area contributed by atoms with Crippen LogP contribution in [0.1, 0.15) is 5.76 Å². The third-order valence-corrected chi connectivity index (χ3v) is 5.28. The molecule has 3 aromatic rings. The van der Waals surface area contributed by atoms with Crippen molar-refractivity contribution < 1.29 is 9.21 Å². The van der Waals surface area contributed by atoms with Gasteiger partial charge in [-0.1, -0.05) is 35.3 Å². The van der Waals surface area contributed by atoms with Crippen molar-refractivity contribution in [3.05, 3.63) is 79.5 Å². The molecule has 7 heteroatoms. The van der Waals surface area contributed by atoms with Gasteiger partial charge in [0.1, 0.15) is 23.2 Å². The van der Waals surface area contributed by atoms with Crippen LogP contribution in [-0.2, 0) is 4.79 Å². The molecule has 3 rings (SSSR count). The van der Waals surface area contributed by atoms with Gasteiger partial charge in [0.2, 0.25) is 0 Å². The number of nitriles is 1. The SMILES string of the molecule is N#C/C(=C/c1ccc(-c2ccc(Cl)c(Cl)c2)o1)C(=O)Nc1ccccc1I. The molecule has 1 amide bonds. The van der Waals surface area contributed by atoms with Gasteiger partial charge in [-0.25, -0.2) is 0 Å². The first-order valence-corrected chi connectivity index (χ1v) is 9.54. The highest BCUT2D eigenvalue weighted by atomic mass is 127. The van der Waals surface area contributed by atoms with Crippen molar-refractivity contribution in [2.24, 2.45) is 0 Å². The molecule has 2 aromatic carbocycles. The Morgan fingerprint density at radius 2 is 1.89 bits per heavy atom. The van der Waals surface area contributed by atoms with Crippen LogP contribution in [-0.4, -0.2) is 5.91 Å². The molecule has 0 radical (unpaired) electrons. The lowest BCUT2D eigenvalue weighted by atomic mass is 10.2. The highest BCUT2D eigenvalue weighted by Gasteiger charge is 2.13. The summed E-state index contributed by atoms with van der Waals surface area (Å²) in [7, 11) is 0. The summed E-state index contributed by atoms with van der Waals surface area (Å²) in [6.45, 7) is 0. The van der Waals surface area contributed by atoms with E-state index in [1.54, 1.807) is 36.4 Å². The predicted molar refractivity (Wildman–Crippen MR) is 116 cm³/mol. The largest absolute Gasteiger partial charge is 0.457 e. The fourth-order valence-corrected chi connectivity index (χ4v) is 3.10. The Morgan fingerprint density at radius 3 is 2.59 bits per heavy atom. The summed E-state index contributed by atoms with van der Waals surface area (Å²) in [5.41, 5.74) is 1.32. The summed E-state index contributed by atoms with van der Waals surface area (Å²) in [6.07, 6.45) is 1.40. The first kappa shape index (κ1) is 19.5. The van der Waals surface area contributed by atoms with Gasteiger partial charge in [-0.15, -0.1) is 0 Å². The lowest BCUT2D eigenvalue weighted by Gasteiger charge is -2.05. The van der Waals surface area contributed by atoms with E-state index < -0.39 is 5.91 Å². The standard InChI is InChI=1S/C20H11Cl2IN2O2/c21-15-7-5-12(10-16(15)22)19-8-6-14(27-19)9-13(11-24)20(26)25-18-4-2-1-3-17(18)23/h1-10H,(H,25,26)/b13-9-. The number of nitrogens with zero attached hydrogens (tertiary/aromatic N) is 1. The molecule has 0 atom stereocenters. The lowest BCUT2D eigenvalue weighted by Crippen LogP contribution is -2.14. The summed E-state index contributed by atoms with van der Waals surface area (Å²) in [6, 6.07) is 17.8. The van der Waals surface area contributed by atoms with Crippen LogP contribution in [0, 0.1) is 14.9 Å². The number of carbonyl (C=O) groups is 1. The molecule has 134 valence electrons. The quantitative estimate of drug-likeness (QED) is 0.252. The van der Waals surface area contributed by atoms with Crippen molar-refractivity contribution in [3.8, 4) is 17.4 Å². The highest BCUT2D eigenvalue weighted by Crippen LogP contribution is 2.30. The Hall–Kier alpha value is -2.27. The number of furan rings is 1. The van der Waals surface area contributed by atoms with Gasteiger partial charge in [0.15, 0.2) is 0 Å². The third-order valence-electron chi connectivity index (χ3n) is 3.60. The normalized spacial score (nSPS) is 11.1. The summed E-state index contributed by atoms with van der Waals surface area (Å²) >= 11 is 14.1. The fraction of sp³-hybridized carbons (Fsp3) is 0. The van der Waals surface area contributed by atoms with Crippen molar-refractivity contribution in [3.63, 3.8) is 0 Å². The lowest BCUT2D eigenvalue weighted by molar-refractivity contribution is -0.112. The van der Waals surface area contributed by atoms with Crippen LogP contribution in [0.4, 0.5) is 5.69 Å². The average Bonchev–Trinajstić information content (AvgIpc) is 3.12. The van der Waals surface area contributed by atoms with Crippen LogP contribution < -0.4 is 5.32 Å². The van der Waals surface area contributed by atoms with Crippen molar-refractivity contribution in [2.45, 2.75) is 0 Å². The number of anilines is 1. The van der Waals surface area contributed by atoms with Gasteiger partial charge in [0.25, 0.3) is 5.91 Å². The number of amides is 1. The Labute approximate surface area is 179 Å². The van der Waals surface area contributed by atoms with Gasteiger partial charge < -0.3 is 9.73 Å². The second kappa shape index (κ2) is 8.61. The highest BCUT2D eigenvalue weighted by molar-refractivity contribution is 14.1. The Balaban J connectivity index is 1.83. The topological polar surface area (TPSA) is 66.0 Å². The maximum atomic E-state index is 12.4. The van der Waals surface area contributed by atoms with E-state index in [2.05, 4.69) is 27.9 Å². The molecule has 1 aromatic heterocycles. The Kier molecular flexibility index (Phi) is 6.22. The molecule has 0 unspecified atom stereocenters. The maximum Gasteiger partial charge on any atom is 0.266 e. The van der Waals surface area contributed by atoms with Gasteiger partial charge >= 0.3 is 0 Å². The molecule has 4 nitrogen and oxygen atoms in total. The zero-order chi connectivity index (χ0) is 19.4. The molecule has 0 aliphatic rings. The average molecular weight is 509 g/mol. The zero-order valence-corrected chi connectivity index (χ0v) is 17.3. The van der Waals surface area contributed by atoms with E-state index in [1.807, 2.05) is 24.3 Å². The molecule has 1 heterocycles. The summed E-state index contributed by atoms with van der Waals surface area (Å²) in [5.74, 6) is 0.426. The minimum Gasteiger partial charge on any atom is -0.457 e. The van der Waals surface area contributed by atoms with E-state index in [0.717, 1.165) is 9.13 Å². The number of halogens is 3. The van der Waals surface area contributed by atoms with E-state index >= 15 is 0 Å². The maximum absolute atomic E-state index is 12.4. The minimum atomic E-state index is -0.505. The molecule has 0 aliphatic heterocycles. The Morgan fingerprint density at radius 1 is 1.11 bits per heavy atom. The molecule has 0 saturated heterocycles. The van der Waals surface area contributed by atoms with Crippen LogP contribution in [0.3, 0.4) is 0 Å². The molecule has 1 N–H and O–H groups in total. The molecule has 0 spiro atoms. The second-order valence-electron chi connectivity index (χ2n) is 5.43. The summed E-state index contributed by atoms with van der Waals surface area (Å²) < 4.78 is 6.59. The predicted octanol–water partition coefficient (Wildman–Crippen LogP) is 6.40. The van der Waals surface area contributed by atoms with Gasteiger partial charge in [0.05, 0.1) is 15.7 Å². The van der Waals surface area contributed by atoms with Gasteiger partial charge in [-0.05, 0) is 65.1 Å². The number of carbonyl (C=O) groups excluding carboxylic acids is 1. The van der Waals surface area contributed by atoms with E-state index in [4.69, 9.17) is 27.6 Å². The second-order valence-corrected chi connectivity index (χ2v) is 7.41. The third kappa shape index (κ3) is 4.72. The molecule has 0 bridgehead atoms. The number of benzene rings is 2. The molecule has 0 saturated carbocycles. The first-order chi connectivity index (χ1) is 13.0. The van der Waals surface area contributed by atoms with E-state index in [1.165, 1.54) is 6.08 Å². The molecule has 0 fully saturated rings. The van der Waals surface area contributed by atoms with Crippen molar-refractivity contribution in [1.82, 2.24) is 0 Å². The molecule has 27 heavy (non-hydrogen) atoms. The molecule has 0 aliphatic carbocycles. The fourth-order valence-electron chi connectivity index (χ4n) is 2.28. The van der Waals surface area contributed by atoms with Crippen LogP contribution in [0.2, 0.25) is 10.0 Å². The van der Waals surface area contributed by atoms with Crippen molar-refractivity contribution >= 4 is 63.5 Å². The number of hydrogen-bond donors (Lipinski definition) is 1. The smallest absolute Gasteiger partial charge is 0.266 e. The zero-order valence-electron chi connectivity index (χ0n) is 13.7. The van der Waals surface area contributed by atoms with E-state index in [-0.39, 0.29) is 5.57 Å². The number of para-hydroxylation sites is 1.